The molecule has 112 valence electrons. The second-order valence-corrected chi connectivity index (χ2v) is 7.12. The molecule has 0 amide bonds. The fourth-order valence-corrected chi connectivity index (χ4v) is 3.18. The fraction of sp³-hybridized carbons (Fsp3) is 0.250. The van der Waals surface area contributed by atoms with Crippen LogP contribution in [0.15, 0.2) is 51.4 Å². The Bertz CT molecular complexity index is 619. The number of halogens is 3. The summed E-state index contributed by atoms with van der Waals surface area (Å²) in [6.07, 6.45) is 0. The first-order chi connectivity index (χ1) is 10.0. The average Bonchev–Trinajstić information content (AvgIpc) is 2.43. The van der Waals surface area contributed by atoms with Gasteiger partial charge in [0.2, 0.25) is 0 Å². The van der Waals surface area contributed by atoms with Gasteiger partial charge in [0.15, 0.2) is 0 Å². The first-order valence-electron chi connectivity index (χ1n) is 6.61. The van der Waals surface area contributed by atoms with Crippen LogP contribution in [0.25, 0.3) is 0 Å². The molecule has 0 aromatic heterocycles. The molecule has 2 N–H and O–H groups in total. The highest BCUT2D eigenvalue weighted by molar-refractivity contribution is 9.13. The van der Waals surface area contributed by atoms with E-state index in [0.29, 0.717) is 6.54 Å². The monoisotopic (exact) mass is 430 g/mol. The summed E-state index contributed by atoms with van der Waals surface area (Å²) in [5, 5.41) is 0.761. The van der Waals surface area contributed by atoms with Crippen LogP contribution >= 0.6 is 43.5 Å². The minimum atomic E-state index is 0.161. The van der Waals surface area contributed by atoms with E-state index in [0.717, 1.165) is 20.5 Å². The third kappa shape index (κ3) is 4.54. The van der Waals surface area contributed by atoms with Gasteiger partial charge in [0.05, 0.1) is 0 Å². The number of hydrogen-bond acceptors (Lipinski definition) is 2. The highest BCUT2D eigenvalue weighted by atomic mass is 79.9. The van der Waals surface area contributed by atoms with Crippen LogP contribution < -0.4 is 5.73 Å². The van der Waals surface area contributed by atoms with E-state index in [1.165, 1.54) is 11.1 Å². The Morgan fingerprint density at radius 1 is 1.14 bits per heavy atom. The lowest BCUT2D eigenvalue weighted by Crippen LogP contribution is -2.30. The van der Waals surface area contributed by atoms with E-state index in [1.807, 2.05) is 24.3 Å². The Balaban J connectivity index is 2.18. The van der Waals surface area contributed by atoms with Crippen molar-refractivity contribution >= 4 is 43.5 Å². The minimum absolute atomic E-state index is 0.161. The molecule has 0 saturated heterocycles. The van der Waals surface area contributed by atoms with Gasteiger partial charge in [-0.05, 0) is 74.3 Å². The van der Waals surface area contributed by atoms with Crippen molar-refractivity contribution in [3.8, 4) is 0 Å². The van der Waals surface area contributed by atoms with Crippen molar-refractivity contribution in [2.24, 2.45) is 5.73 Å². The van der Waals surface area contributed by atoms with Gasteiger partial charge < -0.3 is 5.73 Å². The zero-order chi connectivity index (χ0) is 15.4. The second kappa shape index (κ2) is 7.75. The SMILES string of the molecule is CN(Cc1cccc(Cl)c1)C(CN)c1ccc(Br)c(Br)c1. The molecule has 0 saturated carbocycles. The molecule has 0 aliphatic carbocycles. The smallest absolute Gasteiger partial charge is 0.0471 e. The molecule has 0 radical (unpaired) electrons. The van der Waals surface area contributed by atoms with Crippen LogP contribution in [0, 0.1) is 0 Å². The van der Waals surface area contributed by atoms with E-state index in [9.17, 15) is 0 Å². The number of nitrogens with two attached hydrogens (primary N) is 1. The lowest BCUT2D eigenvalue weighted by molar-refractivity contribution is 0.242. The summed E-state index contributed by atoms with van der Waals surface area (Å²) in [7, 11) is 2.08. The molecule has 21 heavy (non-hydrogen) atoms. The van der Waals surface area contributed by atoms with Gasteiger partial charge in [-0.15, -0.1) is 0 Å². The second-order valence-electron chi connectivity index (χ2n) is 4.97. The van der Waals surface area contributed by atoms with E-state index in [-0.39, 0.29) is 6.04 Å². The van der Waals surface area contributed by atoms with E-state index >= 15 is 0 Å². The molecule has 2 rings (SSSR count). The average molecular weight is 433 g/mol. The van der Waals surface area contributed by atoms with Crippen molar-refractivity contribution in [1.29, 1.82) is 0 Å². The summed E-state index contributed by atoms with van der Waals surface area (Å²) in [5.74, 6) is 0. The fourth-order valence-electron chi connectivity index (χ4n) is 2.32. The predicted molar refractivity (Wildman–Crippen MR) is 96.6 cm³/mol. The molecule has 0 heterocycles. The number of nitrogens with zero attached hydrogens (tertiary/aromatic N) is 1. The maximum Gasteiger partial charge on any atom is 0.0471 e. The summed E-state index contributed by atoms with van der Waals surface area (Å²) in [5.41, 5.74) is 8.35. The van der Waals surface area contributed by atoms with Crippen molar-refractivity contribution in [1.82, 2.24) is 4.90 Å². The van der Waals surface area contributed by atoms with Crippen LogP contribution in [0.2, 0.25) is 5.02 Å². The summed E-state index contributed by atoms with van der Waals surface area (Å²) in [6.45, 7) is 1.36. The van der Waals surface area contributed by atoms with Gasteiger partial charge in [-0.1, -0.05) is 29.8 Å². The highest BCUT2D eigenvalue weighted by Gasteiger charge is 2.16. The van der Waals surface area contributed by atoms with E-state index < -0.39 is 0 Å². The first kappa shape index (κ1) is 17.0. The summed E-state index contributed by atoms with van der Waals surface area (Å²) < 4.78 is 2.08. The van der Waals surface area contributed by atoms with Crippen molar-refractivity contribution < 1.29 is 0 Å². The Kier molecular flexibility index (Phi) is 6.26. The maximum atomic E-state index is 6.04. The Labute approximate surface area is 147 Å². The molecule has 0 spiro atoms. The van der Waals surface area contributed by atoms with Crippen molar-refractivity contribution in [2.45, 2.75) is 12.6 Å². The molecule has 0 fully saturated rings. The number of hydrogen-bond donors (Lipinski definition) is 1. The highest BCUT2D eigenvalue weighted by Crippen LogP contribution is 2.29. The largest absolute Gasteiger partial charge is 0.329 e. The van der Waals surface area contributed by atoms with Gasteiger partial charge >= 0.3 is 0 Å². The molecule has 2 aromatic carbocycles. The Morgan fingerprint density at radius 3 is 2.52 bits per heavy atom. The third-order valence-electron chi connectivity index (χ3n) is 3.40. The summed E-state index contributed by atoms with van der Waals surface area (Å²) >= 11 is 13.1. The van der Waals surface area contributed by atoms with Gasteiger partial charge in [0.25, 0.3) is 0 Å². The minimum Gasteiger partial charge on any atom is -0.329 e. The van der Waals surface area contributed by atoms with Crippen molar-refractivity contribution in [2.75, 3.05) is 13.6 Å². The molecule has 2 aromatic rings. The number of likely N-dealkylation sites (N-methyl/N-ethyl adjacent to an activating group) is 1. The molecule has 5 heteroatoms. The third-order valence-corrected chi connectivity index (χ3v) is 5.52. The van der Waals surface area contributed by atoms with Gasteiger partial charge in [-0.3, -0.25) is 4.90 Å². The molecule has 2 nitrogen and oxygen atoms in total. The van der Waals surface area contributed by atoms with Gasteiger partial charge in [0.1, 0.15) is 0 Å². The lowest BCUT2D eigenvalue weighted by atomic mass is 10.1. The van der Waals surface area contributed by atoms with E-state index in [1.54, 1.807) is 0 Å². The van der Waals surface area contributed by atoms with E-state index in [2.05, 4.69) is 62.0 Å². The lowest BCUT2D eigenvalue weighted by Gasteiger charge is -2.27. The topological polar surface area (TPSA) is 29.3 Å². The van der Waals surface area contributed by atoms with Gasteiger partial charge in [0, 0.05) is 33.1 Å². The Hall–Kier alpha value is -0.390. The molecular formula is C16H17Br2ClN2. The molecule has 1 atom stereocenters. The standard InChI is InChI=1S/C16H17Br2ClN2/c1-21(10-11-3-2-4-13(19)7-11)16(9-20)12-5-6-14(17)15(18)8-12/h2-8,16H,9-10,20H2,1H3. The van der Waals surface area contributed by atoms with Crippen molar-refractivity contribution in [3.63, 3.8) is 0 Å². The maximum absolute atomic E-state index is 6.04. The normalized spacial score (nSPS) is 12.7. The van der Waals surface area contributed by atoms with Gasteiger partial charge in [-0.2, -0.15) is 0 Å². The van der Waals surface area contributed by atoms with Crippen molar-refractivity contribution in [3.05, 3.63) is 67.6 Å². The molecular weight excluding hydrogens is 415 g/mol. The summed E-state index contributed by atoms with van der Waals surface area (Å²) in [6, 6.07) is 14.3. The number of benzene rings is 2. The van der Waals surface area contributed by atoms with Crippen LogP contribution in [-0.4, -0.2) is 18.5 Å². The quantitative estimate of drug-likeness (QED) is 0.721. The predicted octanol–water partition coefficient (Wildman–Crippen LogP) is 5.00. The first-order valence-corrected chi connectivity index (χ1v) is 8.57. The van der Waals surface area contributed by atoms with Crippen LogP contribution in [0.4, 0.5) is 0 Å². The van der Waals surface area contributed by atoms with Crippen LogP contribution in [0.3, 0.4) is 0 Å². The Morgan fingerprint density at radius 2 is 1.90 bits per heavy atom. The van der Waals surface area contributed by atoms with Crippen LogP contribution in [0.5, 0.6) is 0 Å². The van der Waals surface area contributed by atoms with Crippen LogP contribution in [-0.2, 0) is 6.54 Å². The molecule has 0 aliphatic rings. The van der Waals surface area contributed by atoms with E-state index in [4.69, 9.17) is 17.3 Å². The zero-order valence-electron chi connectivity index (χ0n) is 11.7. The summed E-state index contributed by atoms with van der Waals surface area (Å²) in [4.78, 5) is 2.24. The number of rotatable bonds is 5. The zero-order valence-corrected chi connectivity index (χ0v) is 15.6. The molecule has 0 aliphatic heterocycles. The van der Waals surface area contributed by atoms with Gasteiger partial charge in [-0.25, -0.2) is 0 Å². The molecule has 0 bridgehead atoms. The molecule has 1 unspecified atom stereocenters. The van der Waals surface area contributed by atoms with Crippen LogP contribution in [0.1, 0.15) is 17.2 Å².